The first-order valence-corrected chi connectivity index (χ1v) is 6.90. The summed E-state index contributed by atoms with van der Waals surface area (Å²) in [6.07, 6.45) is 0.385. The van der Waals surface area contributed by atoms with Gasteiger partial charge >= 0.3 is 11.9 Å². The van der Waals surface area contributed by atoms with E-state index in [1.807, 2.05) is 30.3 Å². The van der Waals surface area contributed by atoms with Crippen molar-refractivity contribution in [1.29, 1.82) is 0 Å². The van der Waals surface area contributed by atoms with Crippen molar-refractivity contribution in [2.24, 2.45) is 5.73 Å². The van der Waals surface area contributed by atoms with E-state index in [1.165, 1.54) is 12.1 Å². The molecule has 5 N–H and O–H groups in total. The van der Waals surface area contributed by atoms with Crippen LogP contribution in [0.25, 0.3) is 0 Å². The van der Waals surface area contributed by atoms with Gasteiger partial charge in [0.15, 0.2) is 0 Å². The third-order valence-corrected chi connectivity index (χ3v) is 2.91. The maximum absolute atomic E-state index is 10.4. The van der Waals surface area contributed by atoms with E-state index < -0.39 is 18.0 Å². The summed E-state index contributed by atoms with van der Waals surface area (Å²) in [7, 11) is 0. The van der Waals surface area contributed by atoms with Gasteiger partial charge in [-0.3, -0.25) is 9.59 Å². The molecule has 1 atom stereocenters. The van der Waals surface area contributed by atoms with E-state index in [4.69, 9.17) is 21.1 Å². The second-order valence-corrected chi connectivity index (χ2v) is 4.87. The van der Waals surface area contributed by atoms with Crippen molar-refractivity contribution < 1.29 is 24.9 Å². The zero-order valence-corrected chi connectivity index (χ0v) is 12.4. The van der Waals surface area contributed by atoms with Crippen LogP contribution in [-0.2, 0) is 22.4 Å². The molecular formula is C17H19NO5. The zero-order chi connectivity index (χ0) is 17.2. The fourth-order valence-corrected chi connectivity index (χ4v) is 1.74. The number of benzene rings is 2. The lowest BCUT2D eigenvalue weighted by Gasteiger charge is -2.04. The Bertz CT molecular complexity index is 625. The van der Waals surface area contributed by atoms with Gasteiger partial charge in [-0.2, -0.15) is 0 Å². The molecule has 1 unspecified atom stereocenters. The molecular weight excluding hydrogens is 298 g/mol. The van der Waals surface area contributed by atoms with E-state index in [1.54, 1.807) is 12.1 Å². The molecule has 2 aromatic rings. The predicted molar refractivity (Wildman–Crippen MR) is 85.2 cm³/mol. The summed E-state index contributed by atoms with van der Waals surface area (Å²) in [6.45, 7) is 0. The van der Waals surface area contributed by atoms with Gasteiger partial charge in [0.05, 0.1) is 6.42 Å². The van der Waals surface area contributed by atoms with Gasteiger partial charge < -0.3 is 21.1 Å². The van der Waals surface area contributed by atoms with Crippen molar-refractivity contribution in [3.05, 3.63) is 65.7 Å². The van der Waals surface area contributed by atoms with Crippen LogP contribution >= 0.6 is 0 Å². The van der Waals surface area contributed by atoms with Crippen molar-refractivity contribution in [2.75, 3.05) is 0 Å². The van der Waals surface area contributed by atoms with E-state index in [9.17, 15) is 9.59 Å². The Balaban J connectivity index is 0.000000231. The molecule has 0 aromatic heterocycles. The Kier molecular flexibility index (Phi) is 7.29. The molecule has 0 spiro atoms. The Morgan fingerprint density at radius 2 is 1.48 bits per heavy atom. The van der Waals surface area contributed by atoms with Crippen molar-refractivity contribution in [3.8, 4) is 5.75 Å². The number of carbonyl (C=O) groups is 2. The van der Waals surface area contributed by atoms with Crippen LogP contribution in [0.4, 0.5) is 0 Å². The number of carboxylic acids is 2. The highest BCUT2D eigenvalue weighted by Gasteiger charge is 2.10. The number of hydrogen-bond donors (Lipinski definition) is 4. The first-order valence-electron chi connectivity index (χ1n) is 6.90. The Labute approximate surface area is 133 Å². The summed E-state index contributed by atoms with van der Waals surface area (Å²) < 4.78 is 0. The van der Waals surface area contributed by atoms with Crippen molar-refractivity contribution in [2.45, 2.75) is 18.9 Å². The average Bonchev–Trinajstić information content (AvgIpc) is 2.51. The molecule has 0 fully saturated rings. The number of rotatable bonds is 5. The molecule has 0 aliphatic rings. The summed E-state index contributed by atoms with van der Waals surface area (Å²) in [4.78, 5) is 20.6. The Hall–Kier alpha value is -2.86. The lowest BCUT2D eigenvalue weighted by atomic mass is 10.1. The average molecular weight is 317 g/mol. The largest absolute Gasteiger partial charge is 0.508 e. The van der Waals surface area contributed by atoms with Crippen LogP contribution in [0.2, 0.25) is 0 Å². The quantitative estimate of drug-likeness (QED) is 0.665. The number of carboxylic acid groups (broad SMARTS) is 2. The fourth-order valence-electron chi connectivity index (χ4n) is 1.74. The molecule has 0 aliphatic carbocycles. The van der Waals surface area contributed by atoms with Gasteiger partial charge in [0.2, 0.25) is 0 Å². The van der Waals surface area contributed by atoms with Gasteiger partial charge in [0.1, 0.15) is 11.8 Å². The lowest BCUT2D eigenvalue weighted by molar-refractivity contribution is -0.138. The number of aromatic hydroxyl groups is 1. The highest BCUT2D eigenvalue weighted by atomic mass is 16.4. The van der Waals surface area contributed by atoms with Crippen molar-refractivity contribution >= 4 is 11.9 Å². The number of aliphatic carboxylic acids is 2. The number of phenolic OH excluding ortho intramolecular Hbond substituents is 1. The number of hydrogen-bond acceptors (Lipinski definition) is 4. The Morgan fingerprint density at radius 3 is 1.96 bits per heavy atom. The van der Waals surface area contributed by atoms with Gasteiger partial charge in [0, 0.05) is 0 Å². The van der Waals surface area contributed by atoms with Crippen LogP contribution in [0.3, 0.4) is 0 Å². The first-order chi connectivity index (χ1) is 10.9. The molecule has 23 heavy (non-hydrogen) atoms. The van der Waals surface area contributed by atoms with Crippen molar-refractivity contribution in [1.82, 2.24) is 0 Å². The summed E-state index contributed by atoms with van der Waals surface area (Å²) in [5.74, 6) is -1.67. The number of phenols is 1. The normalized spacial score (nSPS) is 11.0. The molecule has 0 saturated carbocycles. The fraction of sp³-hybridized carbons (Fsp3) is 0.176. The van der Waals surface area contributed by atoms with E-state index in [0.717, 1.165) is 5.56 Å². The van der Waals surface area contributed by atoms with Gasteiger partial charge in [-0.05, 0) is 29.7 Å². The molecule has 0 saturated heterocycles. The molecule has 0 bridgehead atoms. The number of nitrogens with two attached hydrogens (primary N) is 1. The van der Waals surface area contributed by atoms with Gasteiger partial charge in [-0.25, -0.2) is 0 Å². The molecule has 0 heterocycles. The van der Waals surface area contributed by atoms with Gasteiger partial charge in [-0.1, -0.05) is 42.5 Å². The molecule has 0 aliphatic heterocycles. The zero-order valence-electron chi connectivity index (χ0n) is 12.4. The highest BCUT2D eigenvalue weighted by Crippen LogP contribution is 2.09. The highest BCUT2D eigenvalue weighted by molar-refractivity contribution is 5.73. The minimum absolute atomic E-state index is 0.000278. The Morgan fingerprint density at radius 1 is 0.913 bits per heavy atom. The maximum Gasteiger partial charge on any atom is 0.320 e. The lowest BCUT2D eigenvalue weighted by Crippen LogP contribution is -2.32. The van der Waals surface area contributed by atoms with E-state index >= 15 is 0 Å². The van der Waals surface area contributed by atoms with Crippen LogP contribution in [0.1, 0.15) is 11.1 Å². The second kappa shape index (κ2) is 9.22. The molecule has 2 aromatic carbocycles. The summed E-state index contributed by atoms with van der Waals surface area (Å²) >= 11 is 0. The van der Waals surface area contributed by atoms with E-state index in [-0.39, 0.29) is 12.2 Å². The maximum atomic E-state index is 10.4. The third-order valence-electron chi connectivity index (χ3n) is 2.91. The summed E-state index contributed by atoms with van der Waals surface area (Å²) in [5, 5.41) is 25.7. The molecule has 122 valence electrons. The molecule has 6 nitrogen and oxygen atoms in total. The van der Waals surface area contributed by atoms with E-state index in [0.29, 0.717) is 12.0 Å². The minimum atomic E-state index is -0.959. The third kappa shape index (κ3) is 7.63. The molecule has 2 rings (SSSR count). The summed E-state index contributed by atoms with van der Waals surface area (Å²) in [5.41, 5.74) is 6.99. The molecule has 0 radical (unpaired) electrons. The minimum Gasteiger partial charge on any atom is -0.508 e. The predicted octanol–water partition coefficient (Wildman–Crippen LogP) is 1.66. The summed E-state index contributed by atoms with van der Waals surface area (Å²) in [6, 6.07) is 14.7. The second-order valence-electron chi connectivity index (χ2n) is 4.87. The molecule has 6 heteroatoms. The van der Waals surface area contributed by atoms with Gasteiger partial charge in [-0.15, -0.1) is 0 Å². The smallest absolute Gasteiger partial charge is 0.320 e. The molecule has 0 amide bonds. The van der Waals surface area contributed by atoms with Crippen molar-refractivity contribution in [3.63, 3.8) is 0 Å². The monoisotopic (exact) mass is 317 g/mol. The van der Waals surface area contributed by atoms with Crippen LogP contribution in [-0.4, -0.2) is 33.3 Å². The SMILES string of the molecule is NC(Cc1ccccc1)C(=O)O.O=C(O)Cc1ccc(O)cc1. The van der Waals surface area contributed by atoms with Crippen LogP contribution in [0.5, 0.6) is 5.75 Å². The van der Waals surface area contributed by atoms with Crippen LogP contribution < -0.4 is 5.73 Å². The van der Waals surface area contributed by atoms with Crippen LogP contribution in [0.15, 0.2) is 54.6 Å². The first kappa shape index (κ1) is 18.2. The standard InChI is InChI=1S/C9H11NO2.C8H8O3/c10-8(9(11)12)6-7-4-2-1-3-5-7;9-7-3-1-6(2-4-7)5-8(10)11/h1-5,8H,6,10H2,(H,11,12);1-4,9H,5H2,(H,10,11). The topological polar surface area (TPSA) is 121 Å². The van der Waals surface area contributed by atoms with Crippen LogP contribution in [0, 0.1) is 0 Å². The van der Waals surface area contributed by atoms with E-state index in [2.05, 4.69) is 0 Å². The van der Waals surface area contributed by atoms with Gasteiger partial charge in [0.25, 0.3) is 0 Å².